The van der Waals surface area contributed by atoms with Gasteiger partial charge in [0.15, 0.2) is 5.60 Å². The molecule has 10 heteroatoms. The number of benzene rings is 3. The Balaban J connectivity index is 1.28. The van der Waals surface area contributed by atoms with E-state index in [1.54, 1.807) is 12.0 Å². The van der Waals surface area contributed by atoms with E-state index in [1.165, 1.54) is 5.19 Å². The molecule has 2 saturated heterocycles. The summed E-state index contributed by atoms with van der Waals surface area (Å²) >= 11 is 0. The largest absolute Gasteiger partial charge is 0.497 e. The smallest absolute Gasteiger partial charge is 0.261 e. The van der Waals surface area contributed by atoms with Crippen molar-refractivity contribution < 1.29 is 29.0 Å². The molecular weight excluding hydrogens is 623 g/mol. The number of ether oxygens (including phenoxy) is 2. The van der Waals surface area contributed by atoms with Crippen molar-refractivity contribution in [1.29, 1.82) is 0 Å². The molecule has 0 aromatic heterocycles. The van der Waals surface area contributed by atoms with Crippen LogP contribution < -0.4 is 20.1 Å². The number of amides is 3. The average molecular weight is 668 g/mol. The van der Waals surface area contributed by atoms with Gasteiger partial charge in [0.1, 0.15) is 5.75 Å². The fourth-order valence-corrected chi connectivity index (χ4v) is 12.9. The summed E-state index contributed by atoms with van der Waals surface area (Å²) in [5, 5.41) is 14.6. The molecule has 2 N–H and O–H groups in total. The summed E-state index contributed by atoms with van der Waals surface area (Å²) in [4.78, 5) is 45.1. The number of carbonyl (C=O) groups excluding carboxylic acids is 3. The highest BCUT2D eigenvalue weighted by Crippen LogP contribution is 2.59. The van der Waals surface area contributed by atoms with Crippen molar-refractivity contribution in [1.82, 2.24) is 4.90 Å². The molecule has 3 amide bonds. The van der Waals surface area contributed by atoms with Crippen LogP contribution in [0.25, 0.3) is 0 Å². The van der Waals surface area contributed by atoms with E-state index in [-0.39, 0.29) is 48.3 Å². The molecule has 48 heavy (non-hydrogen) atoms. The molecule has 9 nitrogen and oxygen atoms in total. The number of rotatable bonds is 7. The highest BCUT2D eigenvalue weighted by atomic mass is 28.3. The van der Waals surface area contributed by atoms with Gasteiger partial charge in [0.2, 0.25) is 11.8 Å². The Morgan fingerprint density at radius 1 is 1.06 bits per heavy atom. The first-order valence-corrected chi connectivity index (χ1v) is 20.2. The van der Waals surface area contributed by atoms with Gasteiger partial charge < -0.3 is 29.7 Å². The predicted molar refractivity (Wildman–Crippen MR) is 187 cm³/mol. The van der Waals surface area contributed by atoms with Crippen LogP contribution in [0.1, 0.15) is 49.3 Å². The van der Waals surface area contributed by atoms with Crippen LogP contribution in [-0.4, -0.2) is 68.2 Å². The molecule has 7 rings (SSSR count). The van der Waals surface area contributed by atoms with Crippen LogP contribution in [-0.2, 0) is 37.7 Å². The Hall–Kier alpha value is -3.99. The molecule has 5 atom stereocenters. The summed E-state index contributed by atoms with van der Waals surface area (Å²) in [6.45, 7) is 7.61. The second-order valence-corrected chi connectivity index (χ2v) is 19.1. The highest BCUT2D eigenvalue weighted by molar-refractivity contribution is 6.91. The monoisotopic (exact) mass is 667 g/mol. The molecule has 4 aliphatic heterocycles. The summed E-state index contributed by atoms with van der Waals surface area (Å²) in [6, 6.07) is 21.6. The normalized spacial score (nSPS) is 26.8. The lowest BCUT2D eigenvalue weighted by Crippen LogP contribution is -2.52. The van der Waals surface area contributed by atoms with Crippen LogP contribution in [0.5, 0.6) is 5.75 Å². The molecule has 3 aromatic carbocycles. The maximum atomic E-state index is 14.3. The third-order valence-corrected chi connectivity index (χ3v) is 15.8. The van der Waals surface area contributed by atoms with Gasteiger partial charge in [0.05, 0.1) is 40.4 Å². The molecule has 2 fully saturated rings. The minimum absolute atomic E-state index is 0.0869. The Morgan fingerprint density at radius 2 is 1.81 bits per heavy atom. The molecule has 1 spiro atoms. The van der Waals surface area contributed by atoms with Gasteiger partial charge in [0, 0.05) is 42.4 Å². The zero-order chi connectivity index (χ0) is 33.8. The molecule has 0 bridgehead atoms. The van der Waals surface area contributed by atoms with Gasteiger partial charge in [-0.25, -0.2) is 0 Å². The number of anilines is 2. The molecule has 0 unspecified atom stereocenters. The van der Waals surface area contributed by atoms with Crippen LogP contribution in [0.4, 0.5) is 11.4 Å². The molecule has 4 heterocycles. The second kappa shape index (κ2) is 12.5. The van der Waals surface area contributed by atoms with Crippen LogP contribution in [0.3, 0.4) is 0 Å². The van der Waals surface area contributed by atoms with Crippen molar-refractivity contribution >= 4 is 42.4 Å². The van der Waals surface area contributed by atoms with E-state index in [4.69, 9.17) is 9.47 Å². The summed E-state index contributed by atoms with van der Waals surface area (Å²) < 4.78 is 12.5. The van der Waals surface area contributed by atoms with Crippen LogP contribution in [0.15, 0.2) is 66.7 Å². The highest BCUT2D eigenvalue weighted by Gasteiger charge is 2.65. The van der Waals surface area contributed by atoms with E-state index in [9.17, 15) is 19.5 Å². The number of aliphatic hydroxyl groups excluding tert-OH is 1. The third kappa shape index (κ3) is 5.25. The zero-order valence-electron chi connectivity index (χ0n) is 28.2. The third-order valence-electron chi connectivity index (χ3n) is 11.5. The minimum atomic E-state index is -2.45. The van der Waals surface area contributed by atoms with Crippen molar-refractivity contribution in [3.63, 3.8) is 0 Å². The number of methoxy groups -OCH3 is 1. The predicted octanol–water partition coefficient (Wildman–Crippen LogP) is 4.72. The standard InChI is InChI=1S/C38H45N3O6Si/c1-24-36(48(3,4)30-15-13-29(46-2)14-16-30)33(21-35(44)41-22-26-10-6-5-9-25(26)19-28(41)23-42)47-38(24)31-20-27(12-17-32(31)39-37(38)45)40-18-8-7-11-34(40)43/h5-6,9-10,12-17,20,24,28,33,36,42H,7-8,11,18-19,21-23H2,1-4H3,(H,39,45)/t24-,28-,33+,36-,38+/m0/s1. The average Bonchev–Trinajstić information content (AvgIpc) is 3.55. The summed E-state index contributed by atoms with van der Waals surface area (Å²) in [5.74, 6) is 0.263. The fourth-order valence-electron chi connectivity index (χ4n) is 8.90. The van der Waals surface area contributed by atoms with Gasteiger partial charge >= 0.3 is 0 Å². The molecular formula is C38H45N3O6Si. The molecule has 0 saturated carbocycles. The summed E-state index contributed by atoms with van der Waals surface area (Å²) in [6.07, 6.45) is 2.46. The zero-order valence-corrected chi connectivity index (χ0v) is 29.2. The lowest BCUT2D eigenvalue weighted by atomic mass is 9.82. The van der Waals surface area contributed by atoms with Crippen LogP contribution in [0, 0.1) is 5.92 Å². The van der Waals surface area contributed by atoms with Gasteiger partial charge in [-0.05, 0) is 66.3 Å². The number of nitrogens with zero attached hydrogens (tertiary/aromatic N) is 2. The van der Waals surface area contributed by atoms with Gasteiger partial charge in [0.25, 0.3) is 5.91 Å². The van der Waals surface area contributed by atoms with E-state index in [0.717, 1.165) is 41.0 Å². The maximum Gasteiger partial charge on any atom is 0.261 e. The Kier molecular flexibility index (Phi) is 8.46. The maximum absolute atomic E-state index is 14.3. The summed E-state index contributed by atoms with van der Waals surface area (Å²) in [7, 11) is -0.805. The van der Waals surface area contributed by atoms with E-state index in [2.05, 4.69) is 43.5 Å². The molecule has 0 radical (unpaired) electrons. The molecule has 252 valence electrons. The lowest BCUT2D eigenvalue weighted by Gasteiger charge is -2.39. The minimum Gasteiger partial charge on any atom is -0.497 e. The fraction of sp³-hybridized carbons (Fsp3) is 0.447. The van der Waals surface area contributed by atoms with Gasteiger partial charge in [-0.1, -0.05) is 61.6 Å². The Morgan fingerprint density at radius 3 is 2.52 bits per heavy atom. The topological polar surface area (TPSA) is 108 Å². The van der Waals surface area contributed by atoms with Crippen molar-refractivity contribution in [3.05, 3.63) is 83.4 Å². The van der Waals surface area contributed by atoms with E-state index >= 15 is 0 Å². The number of hydrogen-bond donors (Lipinski definition) is 2. The van der Waals surface area contributed by atoms with E-state index in [0.29, 0.717) is 31.6 Å². The van der Waals surface area contributed by atoms with Crippen molar-refractivity contribution in [2.75, 3.05) is 30.5 Å². The van der Waals surface area contributed by atoms with Crippen LogP contribution in [0.2, 0.25) is 18.6 Å². The van der Waals surface area contributed by atoms with Gasteiger partial charge in [-0.3, -0.25) is 14.4 Å². The van der Waals surface area contributed by atoms with E-state index < -0.39 is 19.8 Å². The van der Waals surface area contributed by atoms with Crippen molar-refractivity contribution in [2.24, 2.45) is 5.92 Å². The SMILES string of the molecule is COc1ccc([Si](C)(C)[C@@H]2[C@@H](CC(=O)N3Cc4ccccc4C[C@H]3CO)O[C@]3(C(=O)Nc4ccc(N5CCCCC5=O)cc43)[C@H]2C)cc1. The summed E-state index contributed by atoms with van der Waals surface area (Å²) in [5.41, 5.74) is 2.99. The van der Waals surface area contributed by atoms with Crippen LogP contribution >= 0.6 is 0 Å². The quantitative estimate of drug-likeness (QED) is 0.354. The molecule has 0 aliphatic carbocycles. The first-order valence-electron chi connectivity index (χ1n) is 17.1. The number of piperidine rings is 1. The molecule has 3 aromatic rings. The van der Waals surface area contributed by atoms with Gasteiger partial charge in [-0.2, -0.15) is 0 Å². The number of carbonyl (C=O) groups is 3. The van der Waals surface area contributed by atoms with Crippen molar-refractivity contribution in [2.45, 2.75) is 82.0 Å². The first-order chi connectivity index (χ1) is 23.1. The first kappa shape index (κ1) is 32.5. The number of hydrogen-bond acceptors (Lipinski definition) is 6. The van der Waals surface area contributed by atoms with Gasteiger partial charge in [-0.15, -0.1) is 0 Å². The van der Waals surface area contributed by atoms with E-state index in [1.807, 2.05) is 53.4 Å². The number of fused-ring (bicyclic) bond motifs is 3. The Bertz CT molecular complexity index is 1740. The Labute approximate surface area is 283 Å². The van der Waals surface area contributed by atoms with Crippen molar-refractivity contribution in [3.8, 4) is 5.75 Å². The molecule has 4 aliphatic rings. The number of aliphatic hydroxyl groups is 1. The second-order valence-electron chi connectivity index (χ2n) is 14.4. The lowest BCUT2D eigenvalue weighted by molar-refractivity contribution is -0.149. The number of nitrogens with one attached hydrogen (secondary N) is 1.